The molecule has 0 aliphatic heterocycles. The summed E-state index contributed by atoms with van der Waals surface area (Å²) < 4.78 is 18.8. The predicted octanol–water partition coefficient (Wildman–Crippen LogP) is 4.95. The first kappa shape index (κ1) is 15.1. The minimum Gasteiger partial charge on any atom is -0.451 e. The van der Waals surface area contributed by atoms with Crippen molar-refractivity contribution in [2.75, 3.05) is 0 Å². The number of furan rings is 1. The fourth-order valence-corrected chi connectivity index (χ4v) is 3.39. The van der Waals surface area contributed by atoms with Crippen molar-refractivity contribution in [1.29, 1.82) is 0 Å². The molecule has 0 unspecified atom stereocenters. The standard InChI is InChI=1S/C19H16FNO2S/c20-14-5-3-13(4-6-14)17-9-10-18(23-17)19(22)21(15-7-8-15)12-16-2-1-11-24-16/h1-6,9-11,15H,7-8,12H2. The fraction of sp³-hybridized carbons (Fsp3) is 0.211. The second-order valence-corrected chi connectivity index (χ2v) is 6.95. The topological polar surface area (TPSA) is 33.5 Å². The molecule has 0 spiro atoms. The summed E-state index contributed by atoms with van der Waals surface area (Å²) in [5, 5.41) is 2.02. The maximum Gasteiger partial charge on any atom is 0.290 e. The van der Waals surface area contributed by atoms with Crippen molar-refractivity contribution in [3.63, 3.8) is 0 Å². The molecule has 4 rings (SSSR count). The van der Waals surface area contributed by atoms with Crippen molar-refractivity contribution in [3.8, 4) is 11.3 Å². The zero-order chi connectivity index (χ0) is 16.5. The van der Waals surface area contributed by atoms with Crippen molar-refractivity contribution >= 4 is 17.2 Å². The highest BCUT2D eigenvalue weighted by molar-refractivity contribution is 7.09. The number of carbonyl (C=O) groups excluding carboxylic acids is 1. The average molecular weight is 341 g/mol. The van der Waals surface area contributed by atoms with Crippen LogP contribution in [0.15, 0.2) is 58.3 Å². The molecule has 1 aromatic carbocycles. The van der Waals surface area contributed by atoms with Crippen LogP contribution in [0.3, 0.4) is 0 Å². The van der Waals surface area contributed by atoms with Gasteiger partial charge in [-0.25, -0.2) is 4.39 Å². The molecule has 2 aromatic heterocycles. The Balaban J connectivity index is 1.56. The summed E-state index contributed by atoms with van der Waals surface area (Å²) in [6.07, 6.45) is 2.09. The van der Waals surface area contributed by atoms with Crippen molar-refractivity contribution in [3.05, 3.63) is 70.4 Å². The summed E-state index contributed by atoms with van der Waals surface area (Å²) in [7, 11) is 0. The minimum atomic E-state index is -0.294. The highest BCUT2D eigenvalue weighted by Gasteiger charge is 2.34. The van der Waals surface area contributed by atoms with E-state index in [-0.39, 0.29) is 11.7 Å². The van der Waals surface area contributed by atoms with Crippen LogP contribution in [-0.4, -0.2) is 16.8 Å². The van der Waals surface area contributed by atoms with E-state index in [0.29, 0.717) is 24.1 Å². The van der Waals surface area contributed by atoms with Gasteiger partial charge in [-0.2, -0.15) is 0 Å². The molecule has 1 amide bonds. The van der Waals surface area contributed by atoms with Crippen LogP contribution in [0.2, 0.25) is 0 Å². The van der Waals surface area contributed by atoms with Gasteiger partial charge in [-0.15, -0.1) is 11.3 Å². The van der Waals surface area contributed by atoms with Gasteiger partial charge in [0.1, 0.15) is 11.6 Å². The Morgan fingerprint density at radius 2 is 1.96 bits per heavy atom. The van der Waals surface area contributed by atoms with E-state index in [4.69, 9.17) is 4.42 Å². The molecule has 5 heteroatoms. The van der Waals surface area contributed by atoms with Crippen molar-refractivity contribution in [2.45, 2.75) is 25.4 Å². The molecular weight excluding hydrogens is 325 g/mol. The summed E-state index contributed by atoms with van der Waals surface area (Å²) in [5.74, 6) is 0.528. The fourth-order valence-electron chi connectivity index (χ4n) is 2.69. The van der Waals surface area contributed by atoms with Crippen LogP contribution in [-0.2, 0) is 6.54 Å². The van der Waals surface area contributed by atoms with Gasteiger partial charge in [0.25, 0.3) is 5.91 Å². The number of halogens is 1. The molecule has 2 heterocycles. The van der Waals surface area contributed by atoms with E-state index in [0.717, 1.165) is 18.4 Å². The Morgan fingerprint density at radius 1 is 1.17 bits per heavy atom. The molecule has 1 saturated carbocycles. The monoisotopic (exact) mass is 341 g/mol. The van der Waals surface area contributed by atoms with Crippen molar-refractivity contribution < 1.29 is 13.6 Å². The molecule has 24 heavy (non-hydrogen) atoms. The van der Waals surface area contributed by atoms with Gasteiger partial charge in [-0.1, -0.05) is 6.07 Å². The number of nitrogens with zero attached hydrogens (tertiary/aromatic N) is 1. The van der Waals surface area contributed by atoms with Gasteiger partial charge >= 0.3 is 0 Å². The molecule has 0 bridgehead atoms. The van der Waals surface area contributed by atoms with Gasteiger partial charge in [-0.3, -0.25) is 4.79 Å². The van der Waals surface area contributed by atoms with Crippen molar-refractivity contribution in [2.24, 2.45) is 0 Å². The number of thiophene rings is 1. The lowest BCUT2D eigenvalue weighted by Crippen LogP contribution is -2.32. The molecule has 0 atom stereocenters. The van der Waals surface area contributed by atoms with Gasteiger partial charge in [0, 0.05) is 16.5 Å². The average Bonchev–Trinajstić information content (AvgIpc) is 3.10. The van der Waals surface area contributed by atoms with E-state index in [1.165, 1.54) is 17.0 Å². The number of hydrogen-bond acceptors (Lipinski definition) is 3. The maximum absolute atomic E-state index is 13.0. The van der Waals surface area contributed by atoms with Gasteiger partial charge in [0.05, 0.1) is 6.54 Å². The Morgan fingerprint density at radius 3 is 2.62 bits per heavy atom. The molecule has 1 aliphatic carbocycles. The Hall–Kier alpha value is -2.40. The largest absolute Gasteiger partial charge is 0.451 e. The van der Waals surface area contributed by atoms with E-state index >= 15 is 0 Å². The first-order valence-corrected chi connectivity index (χ1v) is 8.78. The molecule has 1 aliphatic rings. The lowest BCUT2D eigenvalue weighted by atomic mass is 10.2. The predicted molar refractivity (Wildman–Crippen MR) is 91.3 cm³/mol. The third kappa shape index (κ3) is 3.12. The van der Waals surface area contributed by atoms with Gasteiger partial charge < -0.3 is 9.32 Å². The van der Waals surface area contributed by atoms with E-state index in [1.807, 2.05) is 22.4 Å². The van der Waals surface area contributed by atoms with Crippen LogP contribution >= 0.6 is 11.3 Å². The van der Waals surface area contributed by atoms with Crippen LogP contribution in [0.4, 0.5) is 4.39 Å². The van der Waals surface area contributed by atoms with Crippen LogP contribution in [0, 0.1) is 5.82 Å². The van der Waals surface area contributed by atoms with E-state index in [2.05, 4.69) is 0 Å². The summed E-state index contributed by atoms with van der Waals surface area (Å²) in [5.41, 5.74) is 0.756. The van der Waals surface area contributed by atoms with Crippen LogP contribution in [0.25, 0.3) is 11.3 Å². The SMILES string of the molecule is O=C(c1ccc(-c2ccc(F)cc2)o1)N(Cc1cccs1)C1CC1. The lowest BCUT2D eigenvalue weighted by Gasteiger charge is -2.20. The zero-order valence-electron chi connectivity index (χ0n) is 12.9. The third-order valence-corrected chi connectivity index (χ3v) is 4.96. The number of rotatable bonds is 5. The number of benzene rings is 1. The highest BCUT2D eigenvalue weighted by atomic mass is 32.1. The molecule has 0 N–H and O–H groups in total. The first-order valence-electron chi connectivity index (χ1n) is 7.90. The van der Waals surface area contributed by atoms with Crippen LogP contribution < -0.4 is 0 Å². The number of hydrogen-bond donors (Lipinski definition) is 0. The van der Waals surface area contributed by atoms with E-state index in [1.54, 1.807) is 35.6 Å². The van der Waals surface area contributed by atoms with Crippen LogP contribution in [0.1, 0.15) is 28.3 Å². The van der Waals surface area contributed by atoms with Crippen LogP contribution in [0.5, 0.6) is 0 Å². The highest BCUT2D eigenvalue weighted by Crippen LogP contribution is 2.32. The smallest absolute Gasteiger partial charge is 0.290 e. The minimum absolute atomic E-state index is 0.0840. The van der Waals surface area contributed by atoms with E-state index < -0.39 is 0 Å². The Bertz CT molecular complexity index is 835. The number of carbonyl (C=O) groups is 1. The lowest BCUT2D eigenvalue weighted by molar-refractivity contribution is 0.0700. The molecule has 3 nitrogen and oxygen atoms in total. The summed E-state index contributed by atoms with van der Waals surface area (Å²) in [6.45, 7) is 0.619. The van der Waals surface area contributed by atoms with Gasteiger partial charge in [-0.05, 0) is 60.7 Å². The molecule has 122 valence electrons. The number of amides is 1. The quantitative estimate of drug-likeness (QED) is 0.658. The summed E-state index contributed by atoms with van der Waals surface area (Å²) in [4.78, 5) is 15.9. The molecule has 3 aromatic rings. The second kappa shape index (κ2) is 6.24. The van der Waals surface area contributed by atoms with Gasteiger partial charge in [0.2, 0.25) is 0 Å². The molecule has 1 fully saturated rings. The summed E-state index contributed by atoms with van der Waals surface area (Å²) >= 11 is 1.65. The molecule has 0 radical (unpaired) electrons. The normalized spacial score (nSPS) is 13.9. The van der Waals surface area contributed by atoms with Gasteiger partial charge in [0.15, 0.2) is 5.76 Å². The maximum atomic E-state index is 13.0. The van der Waals surface area contributed by atoms with Crippen molar-refractivity contribution in [1.82, 2.24) is 4.90 Å². The Labute approximate surface area is 143 Å². The zero-order valence-corrected chi connectivity index (χ0v) is 13.8. The first-order chi connectivity index (χ1) is 11.7. The van der Waals surface area contributed by atoms with E-state index in [9.17, 15) is 9.18 Å². The molecular formula is C19H16FNO2S. The Kier molecular flexibility index (Phi) is 3.94. The summed E-state index contributed by atoms with van der Waals surface area (Å²) in [6, 6.07) is 13.9. The second-order valence-electron chi connectivity index (χ2n) is 5.91. The molecule has 0 saturated heterocycles. The third-order valence-electron chi connectivity index (χ3n) is 4.10.